The van der Waals surface area contributed by atoms with E-state index in [0.29, 0.717) is 18.7 Å². The quantitative estimate of drug-likeness (QED) is 0.816. The summed E-state index contributed by atoms with van der Waals surface area (Å²) in [5.74, 6) is -0.0673. The van der Waals surface area contributed by atoms with Crippen LogP contribution >= 0.6 is 0 Å². The van der Waals surface area contributed by atoms with Crippen LogP contribution in [0.1, 0.15) is 23.2 Å². The van der Waals surface area contributed by atoms with E-state index in [2.05, 4.69) is 15.5 Å². The lowest BCUT2D eigenvalue weighted by Gasteiger charge is -2.28. The zero-order valence-electron chi connectivity index (χ0n) is 14.0. The molecule has 1 aromatic carbocycles. The summed E-state index contributed by atoms with van der Waals surface area (Å²) in [6, 6.07) is 8.87. The summed E-state index contributed by atoms with van der Waals surface area (Å²) in [7, 11) is 0. The van der Waals surface area contributed by atoms with Crippen molar-refractivity contribution in [3.63, 3.8) is 0 Å². The van der Waals surface area contributed by atoms with Crippen LogP contribution in [0.2, 0.25) is 0 Å². The fourth-order valence-electron chi connectivity index (χ4n) is 3.42. The Morgan fingerprint density at radius 1 is 1.12 bits per heavy atom. The molecular weight excluding hydrogens is 304 g/mol. The standard InChI is InChI=1S/C18H26N4O2/c23-17(20-10-14-21-12-8-19-9-13-21)16-7-4-11-22(16)18(24)15-5-2-1-3-6-15/h1-3,5-6,16,19H,4,7-14H2,(H,20,23). The van der Waals surface area contributed by atoms with Crippen LogP contribution in [0, 0.1) is 0 Å². The van der Waals surface area contributed by atoms with Crippen molar-refractivity contribution < 1.29 is 9.59 Å². The van der Waals surface area contributed by atoms with Gasteiger partial charge in [-0.1, -0.05) is 18.2 Å². The summed E-state index contributed by atoms with van der Waals surface area (Å²) in [4.78, 5) is 29.2. The van der Waals surface area contributed by atoms with Gasteiger partial charge in [0, 0.05) is 51.4 Å². The molecule has 2 amide bonds. The molecule has 2 N–H and O–H groups in total. The monoisotopic (exact) mass is 330 g/mol. The van der Waals surface area contributed by atoms with Gasteiger partial charge < -0.3 is 15.5 Å². The van der Waals surface area contributed by atoms with Crippen molar-refractivity contribution in [2.24, 2.45) is 0 Å². The SMILES string of the molecule is O=C(NCCN1CCNCC1)C1CCCN1C(=O)c1ccccc1. The first kappa shape index (κ1) is 16.9. The second-order valence-corrected chi connectivity index (χ2v) is 6.41. The first-order valence-electron chi connectivity index (χ1n) is 8.82. The number of likely N-dealkylation sites (tertiary alicyclic amines) is 1. The molecule has 0 spiro atoms. The molecule has 24 heavy (non-hydrogen) atoms. The molecule has 6 nitrogen and oxygen atoms in total. The minimum Gasteiger partial charge on any atom is -0.353 e. The Morgan fingerprint density at radius 2 is 1.88 bits per heavy atom. The van der Waals surface area contributed by atoms with Gasteiger partial charge in [0.15, 0.2) is 0 Å². The van der Waals surface area contributed by atoms with E-state index in [1.54, 1.807) is 17.0 Å². The molecule has 2 fully saturated rings. The van der Waals surface area contributed by atoms with E-state index in [9.17, 15) is 9.59 Å². The molecular formula is C18H26N4O2. The smallest absolute Gasteiger partial charge is 0.254 e. The van der Waals surface area contributed by atoms with Crippen molar-refractivity contribution in [2.75, 3.05) is 45.8 Å². The molecule has 130 valence electrons. The molecule has 0 saturated carbocycles. The van der Waals surface area contributed by atoms with Crippen LogP contribution in [-0.4, -0.2) is 73.5 Å². The van der Waals surface area contributed by atoms with Gasteiger partial charge in [-0.25, -0.2) is 0 Å². The topological polar surface area (TPSA) is 64.7 Å². The molecule has 1 unspecified atom stereocenters. The number of rotatable bonds is 5. The third kappa shape index (κ3) is 4.13. The molecule has 2 aliphatic rings. The van der Waals surface area contributed by atoms with E-state index in [-0.39, 0.29) is 17.9 Å². The highest BCUT2D eigenvalue weighted by Gasteiger charge is 2.34. The lowest BCUT2D eigenvalue weighted by molar-refractivity contribution is -0.124. The Morgan fingerprint density at radius 3 is 2.62 bits per heavy atom. The van der Waals surface area contributed by atoms with Gasteiger partial charge in [-0.3, -0.25) is 14.5 Å². The second-order valence-electron chi connectivity index (χ2n) is 6.41. The van der Waals surface area contributed by atoms with Gasteiger partial charge in [-0.15, -0.1) is 0 Å². The number of amides is 2. The van der Waals surface area contributed by atoms with Crippen LogP contribution < -0.4 is 10.6 Å². The predicted molar refractivity (Wildman–Crippen MR) is 92.8 cm³/mol. The molecule has 0 bridgehead atoms. The predicted octanol–water partition coefficient (Wildman–Crippen LogP) is 0.313. The molecule has 3 rings (SSSR count). The van der Waals surface area contributed by atoms with Gasteiger partial charge >= 0.3 is 0 Å². The lowest BCUT2D eigenvalue weighted by Crippen LogP contribution is -2.49. The van der Waals surface area contributed by atoms with E-state index in [0.717, 1.165) is 45.6 Å². The molecule has 1 aromatic rings. The van der Waals surface area contributed by atoms with Gasteiger partial charge in [-0.05, 0) is 25.0 Å². The average molecular weight is 330 g/mol. The Kier molecular flexibility index (Phi) is 5.82. The Labute approximate surface area is 143 Å². The van der Waals surface area contributed by atoms with Crippen molar-refractivity contribution in [3.05, 3.63) is 35.9 Å². The van der Waals surface area contributed by atoms with Crippen molar-refractivity contribution in [1.82, 2.24) is 20.4 Å². The third-order valence-electron chi connectivity index (χ3n) is 4.77. The van der Waals surface area contributed by atoms with E-state index >= 15 is 0 Å². The first-order valence-corrected chi connectivity index (χ1v) is 8.82. The van der Waals surface area contributed by atoms with Gasteiger partial charge in [0.05, 0.1) is 0 Å². The molecule has 2 aliphatic heterocycles. The van der Waals surface area contributed by atoms with Crippen LogP contribution in [0.5, 0.6) is 0 Å². The average Bonchev–Trinajstić information content (AvgIpc) is 3.12. The summed E-state index contributed by atoms with van der Waals surface area (Å²) < 4.78 is 0. The summed E-state index contributed by atoms with van der Waals surface area (Å²) in [6.07, 6.45) is 1.63. The zero-order chi connectivity index (χ0) is 16.8. The van der Waals surface area contributed by atoms with Crippen molar-refractivity contribution in [2.45, 2.75) is 18.9 Å². The van der Waals surface area contributed by atoms with Crippen molar-refractivity contribution >= 4 is 11.8 Å². The normalized spacial score (nSPS) is 21.7. The summed E-state index contributed by atoms with van der Waals surface area (Å²) in [6.45, 7) is 6.24. The largest absolute Gasteiger partial charge is 0.353 e. The molecule has 0 aliphatic carbocycles. The zero-order valence-corrected chi connectivity index (χ0v) is 14.0. The molecule has 2 saturated heterocycles. The van der Waals surface area contributed by atoms with Crippen molar-refractivity contribution in [1.29, 1.82) is 0 Å². The van der Waals surface area contributed by atoms with Gasteiger partial charge in [0.2, 0.25) is 5.91 Å². The van der Waals surface area contributed by atoms with E-state index in [1.165, 1.54) is 0 Å². The highest BCUT2D eigenvalue weighted by Crippen LogP contribution is 2.20. The summed E-state index contributed by atoms with van der Waals surface area (Å²) in [5.41, 5.74) is 0.651. The Balaban J connectivity index is 1.51. The van der Waals surface area contributed by atoms with Crippen LogP contribution in [0.3, 0.4) is 0 Å². The molecule has 2 heterocycles. The van der Waals surface area contributed by atoms with Gasteiger partial charge in [0.1, 0.15) is 6.04 Å². The maximum atomic E-state index is 12.6. The summed E-state index contributed by atoms with van der Waals surface area (Å²) >= 11 is 0. The number of piperazine rings is 1. The first-order chi connectivity index (χ1) is 11.8. The van der Waals surface area contributed by atoms with Crippen LogP contribution in [0.15, 0.2) is 30.3 Å². The fourth-order valence-corrected chi connectivity index (χ4v) is 3.42. The number of nitrogens with one attached hydrogen (secondary N) is 2. The minimum absolute atomic E-state index is 0.0214. The minimum atomic E-state index is -0.333. The van der Waals surface area contributed by atoms with Gasteiger partial charge in [-0.2, -0.15) is 0 Å². The van der Waals surface area contributed by atoms with Gasteiger partial charge in [0.25, 0.3) is 5.91 Å². The molecule has 0 radical (unpaired) electrons. The van der Waals surface area contributed by atoms with Crippen molar-refractivity contribution in [3.8, 4) is 0 Å². The Hall–Kier alpha value is -1.92. The number of hydrogen-bond acceptors (Lipinski definition) is 4. The molecule has 6 heteroatoms. The summed E-state index contributed by atoms with van der Waals surface area (Å²) in [5, 5.41) is 6.33. The Bertz CT molecular complexity index is 557. The third-order valence-corrected chi connectivity index (χ3v) is 4.77. The molecule has 1 atom stereocenters. The van der Waals surface area contributed by atoms with Crippen LogP contribution in [-0.2, 0) is 4.79 Å². The van der Waals surface area contributed by atoms with E-state index < -0.39 is 0 Å². The maximum Gasteiger partial charge on any atom is 0.254 e. The highest BCUT2D eigenvalue weighted by atomic mass is 16.2. The second kappa shape index (κ2) is 8.26. The maximum absolute atomic E-state index is 12.6. The fraction of sp³-hybridized carbons (Fsp3) is 0.556. The molecule has 0 aromatic heterocycles. The number of nitrogens with zero attached hydrogens (tertiary/aromatic N) is 2. The lowest BCUT2D eigenvalue weighted by atomic mass is 10.1. The number of carbonyl (C=O) groups excluding carboxylic acids is 2. The number of hydrogen-bond donors (Lipinski definition) is 2. The van der Waals surface area contributed by atoms with Crippen LogP contribution in [0.25, 0.3) is 0 Å². The van der Waals surface area contributed by atoms with E-state index in [4.69, 9.17) is 0 Å². The highest BCUT2D eigenvalue weighted by molar-refractivity contribution is 5.97. The number of benzene rings is 1. The van der Waals surface area contributed by atoms with E-state index in [1.807, 2.05) is 18.2 Å². The number of carbonyl (C=O) groups is 2. The van der Waals surface area contributed by atoms with Crippen LogP contribution in [0.4, 0.5) is 0 Å².